The first-order valence-electron chi connectivity index (χ1n) is 5.20. The molecule has 0 heterocycles. The fraction of sp³-hybridized carbons (Fsp3) is 1.00. The van der Waals surface area contributed by atoms with Crippen molar-refractivity contribution in [3.05, 3.63) is 0 Å². The maximum atomic E-state index is 4.22. The molecule has 0 radical (unpaired) electrons. The summed E-state index contributed by atoms with van der Waals surface area (Å²) in [5.41, 5.74) is 0. The Balaban J connectivity index is 1.98. The number of thiol groups is 1. The van der Waals surface area contributed by atoms with Gasteiger partial charge in [-0.3, -0.25) is 0 Å². The highest BCUT2D eigenvalue weighted by Gasteiger charge is 2.23. The predicted octanol–water partition coefficient (Wildman–Crippen LogP) is 2.43. The van der Waals surface area contributed by atoms with Crippen molar-refractivity contribution in [1.82, 2.24) is 4.90 Å². The van der Waals surface area contributed by atoms with E-state index in [0.29, 0.717) is 0 Å². The van der Waals surface area contributed by atoms with Crippen molar-refractivity contribution < 1.29 is 0 Å². The smallest absolute Gasteiger partial charge is 0.000954 e. The number of nitrogens with zero attached hydrogens (tertiary/aromatic N) is 1. The van der Waals surface area contributed by atoms with Gasteiger partial charge in [0.05, 0.1) is 0 Å². The second-order valence-electron chi connectivity index (χ2n) is 3.77. The molecule has 1 nitrogen and oxygen atoms in total. The highest BCUT2D eigenvalue weighted by atomic mass is 32.1. The van der Waals surface area contributed by atoms with E-state index in [0.717, 1.165) is 11.7 Å². The molecular weight excluding hydrogens is 166 g/mol. The van der Waals surface area contributed by atoms with Crippen molar-refractivity contribution in [1.29, 1.82) is 0 Å². The van der Waals surface area contributed by atoms with Gasteiger partial charge in [-0.15, -0.1) is 0 Å². The van der Waals surface area contributed by atoms with Crippen LogP contribution in [0.2, 0.25) is 0 Å². The molecule has 1 aliphatic rings. The van der Waals surface area contributed by atoms with E-state index < -0.39 is 0 Å². The number of hydrogen-bond donors (Lipinski definition) is 1. The van der Waals surface area contributed by atoms with Crippen molar-refractivity contribution in [2.75, 3.05) is 25.4 Å². The van der Waals surface area contributed by atoms with Gasteiger partial charge >= 0.3 is 0 Å². The third-order valence-electron chi connectivity index (χ3n) is 2.54. The van der Waals surface area contributed by atoms with Crippen LogP contribution in [0.25, 0.3) is 0 Å². The van der Waals surface area contributed by atoms with Crippen molar-refractivity contribution in [2.24, 2.45) is 5.92 Å². The van der Waals surface area contributed by atoms with E-state index in [1.54, 1.807) is 0 Å². The van der Waals surface area contributed by atoms with Gasteiger partial charge in [0, 0.05) is 6.54 Å². The molecule has 0 atom stereocenters. The number of rotatable bonds is 7. The van der Waals surface area contributed by atoms with E-state index >= 15 is 0 Å². The molecule has 0 spiro atoms. The summed E-state index contributed by atoms with van der Waals surface area (Å²) in [5, 5.41) is 0. The van der Waals surface area contributed by atoms with E-state index in [-0.39, 0.29) is 0 Å². The molecule has 0 aromatic carbocycles. The van der Waals surface area contributed by atoms with E-state index in [1.807, 2.05) is 0 Å². The zero-order chi connectivity index (χ0) is 8.81. The van der Waals surface area contributed by atoms with Crippen LogP contribution in [-0.2, 0) is 0 Å². The van der Waals surface area contributed by atoms with Crippen LogP contribution in [0.4, 0.5) is 0 Å². The van der Waals surface area contributed by atoms with Crippen LogP contribution in [0.15, 0.2) is 0 Å². The first kappa shape index (κ1) is 10.4. The highest BCUT2D eigenvalue weighted by Crippen LogP contribution is 2.29. The van der Waals surface area contributed by atoms with Gasteiger partial charge in [0.25, 0.3) is 0 Å². The normalized spacial score (nSPS) is 17.2. The van der Waals surface area contributed by atoms with Gasteiger partial charge in [-0.1, -0.05) is 6.92 Å². The van der Waals surface area contributed by atoms with Gasteiger partial charge in [0.15, 0.2) is 0 Å². The van der Waals surface area contributed by atoms with E-state index in [4.69, 9.17) is 0 Å². The molecule has 1 aliphatic carbocycles. The lowest BCUT2D eigenvalue weighted by atomic mass is 10.3. The van der Waals surface area contributed by atoms with Crippen molar-refractivity contribution in [2.45, 2.75) is 32.6 Å². The Morgan fingerprint density at radius 1 is 1.33 bits per heavy atom. The molecule has 1 fully saturated rings. The maximum Gasteiger partial charge on any atom is 0.000954 e. The summed E-state index contributed by atoms with van der Waals surface area (Å²) in [7, 11) is 0. The second kappa shape index (κ2) is 5.87. The van der Waals surface area contributed by atoms with Crippen molar-refractivity contribution in [3.63, 3.8) is 0 Å². The zero-order valence-corrected chi connectivity index (χ0v) is 9.02. The average molecular weight is 187 g/mol. The fourth-order valence-corrected chi connectivity index (χ4v) is 1.71. The van der Waals surface area contributed by atoms with Crippen LogP contribution < -0.4 is 0 Å². The first-order valence-corrected chi connectivity index (χ1v) is 5.83. The number of hydrogen-bond acceptors (Lipinski definition) is 2. The van der Waals surface area contributed by atoms with Gasteiger partial charge in [-0.25, -0.2) is 0 Å². The summed E-state index contributed by atoms with van der Waals surface area (Å²) in [4.78, 5) is 2.58. The maximum absolute atomic E-state index is 4.22. The molecule has 2 heteroatoms. The lowest BCUT2D eigenvalue weighted by molar-refractivity contribution is 0.272. The van der Waals surface area contributed by atoms with Crippen LogP contribution in [0.1, 0.15) is 32.6 Å². The Morgan fingerprint density at radius 3 is 2.58 bits per heavy atom. The first-order chi connectivity index (χ1) is 5.86. The number of unbranched alkanes of at least 4 members (excludes halogenated alkanes) is 1. The molecule has 0 N–H and O–H groups in total. The topological polar surface area (TPSA) is 3.24 Å². The predicted molar refractivity (Wildman–Crippen MR) is 57.9 cm³/mol. The molecule has 12 heavy (non-hydrogen) atoms. The lowest BCUT2D eigenvalue weighted by Crippen LogP contribution is -2.26. The minimum absolute atomic E-state index is 1.04. The van der Waals surface area contributed by atoms with Crippen molar-refractivity contribution in [3.8, 4) is 0 Å². The highest BCUT2D eigenvalue weighted by molar-refractivity contribution is 7.80. The zero-order valence-electron chi connectivity index (χ0n) is 8.13. The van der Waals surface area contributed by atoms with Crippen LogP contribution in [0.3, 0.4) is 0 Å². The summed E-state index contributed by atoms with van der Waals surface area (Å²) >= 11 is 4.22. The SMILES string of the molecule is CCN(CCCCS)CC1CC1. The Hall–Kier alpha value is 0.310. The van der Waals surface area contributed by atoms with E-state index in [2.05, 4.69) is 24.5 Å². The molecule has 0 unspecified atom stereocenters. The minimum Gasteiger partial charge on any atom is -0.303 e. The molecular formula is C10H21NS. The van der Waals surface area contributed by atoms with Crippen molar-refractivity contribution >= 4 is 12.6 Å². The van der Waals surface area contributed by atoms with E-state index in [9.17, 15) is 0 Å². The minimum atomic E-state index is 1.04. The third kappa shape index (κ3) is 4.36. The molecule has 72 valence electrons. The summed E-state index contributed by atoms with van der Waals surface area (Å²) in [5.74, 6) is 2.09. The van der Waals surface area contributed by atoms with Gasteiger partial charge in [0.1, 0.15) is 0 Å². The quantitative estimate of drug-likeness (QED) is 0.473. The monoisotopic (exact) mass is 187 g/mol. The molecule has 1 rings (SSSR count). The Morgan fingerprint density at radius 2 is 2.08 bits per heavy atom. The molecule has 0 aliphatic heterocycles. The molecule has 0 aromatic rings. The summed E-state index contributed by atoms with van der Waals surface area (Å²) in [6.07, 6.45) is 5.54. The molecule has 0 amide bonds. The third-order valence-corrected chi connectivity index (χ3v) is 2.86. The molecule has 0 aromatic heterocycles. The Bertz CT molecular complexity index is 112. The summed E-state index contributed by atoms with van der Waals surface area (Å²) < 4.78 is 0. The van der Waals surface area contributed by atoms with Gasteiger partial charge in [-0.2, -0.15) is 12.6 Å². The summed E-state index contributed by atoms with van der Waals surface area (Å²) in [6.45, 7) is 6.13. The Kier molecular flexibility index (Phi) is 5.08. The molecule has 1 saturated carbocycles. The Labute approximate surface area is 81.9 Å². The van der Waals surface area contributed by atoms with Gasteiger partial charge in [-0.05, 0) is 50.4 Å². The summed E-state index contributed by atoms with van der Waals surface area (Å²) in [6, 6.07) is 0. The standard InChI is InChI=1S/C10H21NS/c1-2-11(7-3-4-8-12)9-10-5-6-10/h10,12H,2-9H2,1H3. The molecule has 0 bridgehead atoms. The van der Waals surface area contributed by atoms with Gasteiger partial charge in [0.2, 0.25) is 0 Å². The van der Waals surface area contributed by atoms with Crippen LogP contribution in [0.5, 0.6) is 0 Å². The van der Waals surface area contributed by atoms with Crippen LogP contribution in [0, 0.1) is 5.92 Å². The van der Waals surface area contributed by atoms with Crippen LogP contribution >= 0.6 is 12.6 Å². The second-order valence-corrected chi connectivity index (χ2v) is 4.21. The van der Waals surface area contributed by atoms with Crippen LogP contribution in [-0.4, -0.2) is 30.3 Å². The fourth-order valence-electron chi connectivity index (χ4n) is 1.49. The average Bonchev–Trinajstić information content (AvgIpc) is 2.87. The van der Waals surface area contributed by atoms with E-state index in [1.165, 1.54) is 45.3 Å². The van der Waals surface area contributed by atoms with Gasteiger partial charge < -0.3 is 4.90 Å². The lowest BCUT2D eigenvalue weighted by Gasteiger charge is -2.19. The molecule has 0 saturated heterocycles. The largest absolute Gasteiger partial charge is 0.303 e.